The summed E-state index contributed by atoms with van der Waals surface area (Å²) in [5, 5.41) is 0. The van der Waals surface area contributed by atoms with Gasteiger partial charge in [-0.3, -0.25) is 0 Å². The van der Waals surface area contributed by atoms with Gasteiger partial charge in [0.25, 0.3) is 19.7 Å². The maximum absolute atomic E-state index is 12.5. The Kier molecular flexibility index (Phi) is 6.52. The molecule has 0 aromatic rings. The summed E-state index contributed by atoms with van der Waals surface area (Å²) < 4.78 is 120. The zero-order valence-corrected chi connectivity index (χ0v) is 13.7. The Labute approximate surface area is 133 Å². The standard InChI is InChI=1S/C10H12F6O6S2/c1-5(2)8(17)22-6(3)4-7(23(18,19)9(11,12)13)24(20,21)10(14,15)16/h6-7H,1,4H2,2-3H3. The molecule has 142 valence electrons. The first-order valence-electron chi connectivity index (χ1n) is 5.82. The zero-order valence-electron chi connectivity index (χ0n) is 12.1. The van der Waals surface area contributed by atoms with E-state index in [1.807, 2.05) is 0 Å². The van der Waals surface area contributed by atoms with Crippen LogP contribution in [0.2, 0.25) is 0 Å². The number of ether oxygens (including phenoxy) is 1. The zero-order chi connectivity index (χ0) is 19.7. The highest BCUT2D eigenvalue weighted by Crippen LogP contribution is 2.38. The smallest absolute Gasteiger partial charge is 0.459 e. The van der Waals surface area contributed by atoms with E-state index in [-0.39, 0.29) is 5.57 Å². The van der Waals surface area contributed by atoms with Gasteiger partial charge >= 0.3 is 17.0 Å². The lowest BCUT2D eigenvalue weighted by atomic mass is 10.3. The van der Waals surface area contributed by atoms with Crippen molar-refractivity contribution in [1.82, 2.24) is 0 Å². The second kappa shape index (κ2) is 6.90. The number of carbonyl (C=O) groups is 1. The van der Waals surface area contributed by atoms with Crippen LogP contribution in [0.3, 0.4) is 0 Å². The Bertz CT molecular complexity index is 659. The number of hydrogen-bond donors (Lipinski definition) is 0. The van der Waals surface area contributed by atoms with Gasteiger partial charge in [-0.05, 0) is 13.8 Å². The van der Waals surface area contributed by atoms with Crippen LogP contribution in [-0.2, 0) is 29.2 Å². The monoisotopic (exact) mass is 406 g/mol. The van der Waals surface area contributed by atoms with Gasteiger partial charge in [0.05, 0.1) is 0 Å². The number of hydrogen-bond acceptors (Lipinski definition) is 6. The molecule has 0 aliphatic heterocycles. The first-order chi connectivity index (χ1) is 10.4. The van der Waals surface area contributed by atoms with E-state index in [0.717, 1.165) is 13.8 Å². The molecule has 1 unspecified atom stereocenters. The van der Waals surface area contributed by atoms with E-state index in [9.17, 15) is 48.0 Å². The molecule has 0 spiro atoms. The molecule has 0 saturated heterocycles. The molecule has 14 heteroatoms. The molecule has 24 heavy (non-hydrogen) atoms. The third-order valence-electron chi connectivity index (χ3n) is 2.52. The van der Waals surface area contributed by atoms with Crippen molar-refractivity contribution in [2.24, 2.45) is 0 Å². The highest BCUT2D eigenvalue weighted by Gasteiger charge is 2.63. The lowest BCUT2D eigenvalue weighted by Gasteiger charge is -2.23. The van der Waals surface area contributed by atoms with Crippen molar-refractivity contribution in [2.45, 2.75) is 42.0 Å². The molecular weight excluding hydrogens is 394 g/mol. The van der Waals surface area contributed by atoms with Crippen molar-refractivity contribution in [2.75, 3.05) is 0 Å². The molecule has 0 saturated carbocycles. The normalized spacial score (nSPS) is 15.2. The summed E-state index contributed by atoms with van der Waals surface area (Å²) in [7, 11) is -13.5. The molecule has 0 fully saturated rings. The van der Waals surface area contributed by atoms with Crippen molar-refractivity contribution in [3.05, 3.63) is 12.2 Å². The quantitative estimate of drug-likeness (QED) is 0.381. The summed E-state index contributed by atoms with van der Waals surface area (Å²) in [6, 6.07) is 0. The van der Waals surface area contributed by atoms with Crippen molar-refractivity contribution >= 4 is 25.6 Å². The molecule has 0 aliphatic rings. The summed E-state index contributed by atoms with van der Waals surface area (Å²) in [5.74, 6) is -1.24. The molecule has 0 rings (SSSR count). The van der Waals surface area contributed by atoms with Crippen LogP contribution >= 0.6 is 0 Å². The van der Waals surface area contributed by atoms with E-state index in [2.05, 4.69) is 11.3 Å². The Balaban J connectivity index is 5.96. The molecule has 0 amide bonds. The lowest BCUT2D eigenvalue weighted by Crippen LogP contribution is -2.46. The fraction of sp³-hybridized carbons (Fsp3) is 0.700. The van der Waals surface area contributed by atoms with Crippen LogP contribution in [0.5, 0.6) is 0 Å². The van der Waals surface area contributed by atoms with Gasteiger partial charge < -0.3 is 4.74 Å². The minimum absolute atomic E-state index is 0.282. The maximum Gasteiger partial charge on any atom is 0.498 e. The maximum atomic E-state index is 12.5. The Hall–Kier alpha value is -1.31. The van der Waals surface area contributed by atoms with Crippen LogP contribution in [0.1, 0.15) is 20.3 Å². The molecule has 0 aliphatic carbocycles. The molecule has 1 atom stereocenters. The average Bonchev–Trinajstić information content (AvgIpc) is 2.32. The number of halogens is 6. The van der Waals surface area contributed by atoms with Crippen LogP contribution in [0.4, 0.5) is 26.3 Å². The van der Waals surface area contributed by atoms with Gasteiger partial charge in [0.1, 0.15) is 6.10 Å². The molecule has 0 radical (unpaired) electrons. The number of esters is 1. The molecule has 6 nitrogen and oxygen atoms in total. The van der Waals surface area contributed by atoms with Crippen LogP contribution < -0.4 is 0 Å². The molecule has 0 N–H and O–H groups in total. The first-order valence-corrected chi connectivity index (χ1v) is 8.91. The second-order valence-corrected chi connectivity index (χ2v) is 9.19. The number of sulfone groups is 2. The summed E-state index contributed by atoms with van der Waals surface area (Å²) in [6.07, 6.45) is -3.64. The predicted octanol–water partition coefficient (Wildman–Crippen LogP) is 2.08. The summed E-state index contributed by atoms with van der Waals surface area (Å²) in [4.78, 5) is 11.2. The van der Waals surface area contributed by atoms with Gasteiger partial charge in [-0.25, -0.2) is 21.6 Å². The molecular formula is C10H12F6O6S2. The van der Waals surface area contributed by atoms with Gasteiger partial charge in [-0.15, -0.1) is 0 Å². The third-order valence-corrected chi connectivity index (χ3v) is 7.10. The van der Waals surface area contributed by atoms with Crippen LogP contribution in [-0.4, -0.2) is 44.5 Å². The SMILES string of the molecule is C=C(C)C(=O)OC(C)CC(S(=O)(=O)C(F)(F)F)S(=O)(=O)C(F)(F)F. The fourth-order valence-electron chi connectivity index (χ4n) is 1.32. The fourth-order valence-corrected chi connectivity index (χ4v) is 4.95. The Morgan fingerprint density at radius 1 is 1.00 bits per heavy atom. The van der Waals surface area contributed by atoms with Crippen LogP contribution in [0, 0.1) is 0 Å². The third kappa shape index (κ3) is 4.84. The molecule has 0 bridgehead atoms. The van der Waals surface area contributed by atoms with Crippen molar-refractivity contribution in [3.8, 4) is 0 Å². The topological polar surface area (TPSA) is 94.6 Å². The van der Waals surface area contributed by atoms with E-state index in [0.29, 0.717) is 0 Å². The van der Waals surface area contributed by atoms with E-state index < -0.39 is 53.8 Å². The number of rotatable bonds is 6. The summed E-state index contributed by atoms with van der Waals surface area (Å²) >= 11 is 0. The van der Waals surface area contributed by atoms with Crippen molar-refractivity contribution in [3.63, 3.8) is 0 Å². The van der Waals surface area contributed by atoms with E-state index in [4.69, 9.17) is 0 Å². The number of carbonyl (C=O) groups excluding carboxylic acids is 1. The second-order valence-electron chi connectivity index (χ2n) is 4.64. The minimum Gasteiger partial charge on any atom is -0.459 e. The summed E-state index contributed by atoms with van der Waals surface area (Å²) in [5.41, 5.74) is -12.8. The predicted molar refractivity (Wildman–Crippen MR) is 68.7 cm³/mol. The first kappa shape index (κ1) is 22.7. The van der Waals surface area contributed by atoms with Gasteiger partial charge in [0.2, 0.25) is 0 Å². The van der Waals surface area contributed by atoms with Crippen LogP contribution in [0.15, 0.2) is 12.2 Å². The Morgan fingerprint density at radius 2 is 1.33 bits per heavy atom. The van der Waals surface area contributed by atoms with Gasteiger partial charge in [-0.2, -0.15) is 26.3 Å². The van der Waals surface area contributed by atoms with Crippen molar-refractivity contribution in [1.29, 1.82) is 0 Å². The van der Waals surface area contributed by atoms with Gasteiger partial charge in [-0.1, -0.05) is 6.58 Å². The minimum atomic E-state index is -6.75. The van der Waals surface area contributed by atoms with Crippen molar-refractivity contribution < 1.29 is 52.7 Å². The molecule has 0 aromatic carbocycles. The summed E-state index contributed by atoms with van der Waals surface area (Å²) in [6.45, 7) is 4.94. The lowest BCUT2D eigenvalue weighted by molar-refractivity contribution is -0.143. The van der Waals surface area contributed by atoms with E-state index in [1.54, 1.807) is 0 Å². The van der Waals surface area contributed by atoms with Gasteiger partial charge in [0, 0.05) is 12.0 Å². The van der Waals surface area contributed by atoms with Gasteiger partial charge in [0.15, 0.2) is 4.58 Å². The van der Waals surface area contributed by atoms with Crippen LogP contribution in [0.25, 0.3) is 0 Å². The van der Waals surface area contributed by atoms with E-state index >= 15 is 0 Å². The number of alkyl halides is 6. The van der Waals surface area contributed by atoms with E-state index in [1.165, 1.54) is 0 Å². The molecule has 0 heterocycles. The highest BCUT2D eigenvalue weighted by atomic mass is 32.3. The highest BCUT2D eigenvalue weighted by molar-refractivity contribution is 8.09. The Morgan fingerprint density at radius 3 is 1.58 bits per heavy atom. The largest absolute Gasteiger partial charge is 0.498 e. The molecule has 0 aromatic heterocycles. The average molecular weight is 406 g/mol.